The van der Waals surface area contributed by atoms with Crippen molar-refractivity contribution in [1.82, 2.24) is 9.97 Å². The van der Waals surface area contributed by atoms with Gasteiger partial charge in [-0.15, -0.1) is 0 Å². The van der Waals surface area contributed by atoms with Gasteiger partial charge in [-0.25, -0.2) is 9.97 Å². The lowest BCUT2D eigenvalue weighted by molar-refractivity contribution is 0.295. The molecule has 1 aromatic heterocycles. The first kappa shape index (κ1) is 14.8. The van der Waals surface area contributed by atoms with Crippen LogP contribution >= 0.6 is 15.9 Å². The molecule has 0 saturated carbocycles. The molecule has 0 aliphatic carbocycles. The standard InChI is InChI=1S/C15H18BrN3O/c1-3-7-12-14(16)15(17-2)19-13(18-12)10-20-11-8-5-4-6-9-11/h4-6,8-9H,3,7,10H2,1-2H3,(H,17,18,19). The molecule has 0 aliphatic rings. The Hall–Kier alpha value is -1.62. The average Bonchev–Trinajstić information content (AvgIpc) is 2.49. The predicted octanol–water partition coefficient (Wildman–Crippen LogP) is 3.81. The summed E-state index contributed by atoms with van der Waals surface area (Å²) < 4.78 is 6.63. The number of benzene rings is 1. The molecule has 0 radical (unpaired) electrons. The highest BCUT2D eigenvalue weighted by atomic mass is 79.9. The van der Waals surface area contributed by atoms with Gasteiger partial charge in [0.15, 0.2) is 5.82 Å². The number of halogens is 1. The summed E-state index contributed by atoms with van der Waals surface area (Å²) in [6.45, 7) is 2.50. The van der Waals surface area contributed by atoms with E-state index >= 15 is 0 Å². The van der Waals surface area contributed by atoms with Gasteiger partial charge in [0.2, 0.25) is 0 Å². The molecular weight excluding hydrogens is 318 g/mol. The highest BCUT2D eigenvalue weighted by Crippen LogP contribution is 2.24. The van der Waals surface area contributed by atoms with Crippen molar-refractivity contribution < 1.29 is 4.74 Å². The molecule has 1 N–H and O–H groups in total. The first-order valence-electron chi connectivity index (χ1n) is 6.65. The molecule has 0 bridgehead atoms. The fourth-order valence-electron chi connectivity index (χ4n) is 1.84. The number of anilines is 1. The second kappa shape index (κ2) is 7.24. The van der Waals surface area contributed by atoms with Crippen LogP contribution in [-0.2, 0) is 13.0 Å². The van der Waals surface area contributed by atoms with Crippen molar-refractivity contribution in [3.63, 3.8) is 0 Å². The van der Waals surface area contributed by atoms with Gasteiger partial charge in [-0.05, 0) is 34.5 Å². The van der Waals surface area contributed by atoms with Crippen LogP contribution in [0.15, 0.2) is 34.8 Å². The van der Waals surface area contributed by atoms with E-state index in [0.717, 1.165) is 34.6 Å². The molecule has 5 heteroatoms. The maximum absolute atomic E-state index is 5.70. The number of nitrogens with zero attached hydrogens (tertiary/aromatic N) is 2. The first-order valence-corrected chi connectivity index (χ1v) is 7.44. The maximum Gasteiger partial charge on any atom is 0.168 e. The van der Waals surface area contributed by atoms with Crippen molar-refractivity contribution in [3.05, 3.63) is 46.3 Å². The lowest BCUT2D eigenvalue weighted by Gasteiger charge is -2.11. The lowest BCUT2D eigenvalue weighted by atomic mass is 10.2. The lowest BCUT2D eigenvalue weighted by Crippen LogP contribution is -2.08. The van der Waals surface area contributed by atoms with Crippen LogP contribution in [0.1, 0.15) is 24.9 Å². The molecule has 0 unspecified atom stereocenters. The quantitative estimate of drug-likeness (QED) is 0.871. The van der Waals surface area contributed by atoms with E-state index in [2.05, 4.69) is 38.1 Å². The van der Waals surface area contributed by atoms with Gasteiger partial charge in [0, 0.05) is 7.05 Å². The minimum atomic E-state index is 0.364. The van der Waals surface area contributed by atoms with Crippen molar-refractivity contribution >= 4 is 21.7 Å². The SMILES string of the molecule is CCCc1nc(COc2ccccc2)nc(NC)c1Br. The van der Waals surface area contributed by atoms with Crippen LogP contribution in [0.3, 0.4) is 0 Å². The molecule has 2 aromatic rings. The third-order valence-electron chi connectivity index (χ3n) is 2.80. The number of hydrogen-bond acceptors (Lipinski definition) is 4. The van der Waals surface area contributed by atoms with Crippen molar-refractivity contribution in [1.29, 1.82) is 0 Å². The van der Waals surface area contributed by atoms with Crippen LogP contribution in [0.2, 0.25) is 0 Å². The van der Waals surface area contributed by atoms with Gasteiger partial charge in [0.1, 0.15) is 18.2 Å². The molecule has 0 spiro atoms. The molecule has 0 atom stereocenters. The van der Waals surface area contributed by atoms with E-state index in [1.165, 1.54) is 0 Å². The van der Waals surface area contributed by atoms with E-state index in [4.69, 9.17) is 4.74 Å². The van der Waals surface area contributed by atoms with Crippen LogP contribution in [0.5, 0.6) is 5.75 Å². The molecule has 1 aromatic carbocycles. The Kier molecular flexibility index (Phi) is 5.35. The van der Waals surface area contributed by atoms with Crippen molar-refractivity contribution in [3.8, 4) is 5.75 Å². The zero-order chi connectivity index (χ0) is 14.4. The molecule has 2 rings (SSSR count). The fraction of sp³-hybridized carbons (Fsp3) is 0.333. The number of aryl methyl sites for hydroxylation is 1. The van der Waals surface area contributed by atoms with E-state index in [0.29, 0.717) is 12.4 Å². The van der Waals surface area contributed by atoms with E-state index in [1.807, 2.05) is 37.4 Å². The Labute approximate surface area is 127 Å². The van der Waals surface area contributed by atoms with E-state index in [9.17, 15) is 0 Å². The van der Waals surface area contributed by atoms with Crippen molar-refractivity contribution in [2.45, 2.75) is 26.4 Å². The summed E-state index contributed by atoms with van der Waals surface area (Å²) in [6.07, 6.45) is 1.95. The number of ether oxygens (including phenoxy) is 1. The normalized spacial score (nSPS) is 10.3. The van der Waals surface area contributed by atoms with Gasteiger partial charge < -0.3 is 10.1 Å². The largest absolute Gasteiger partial charge is 0.486 e. The van der Waals surface area contributed by atoms with E-state index in [1.54, 1.807) is 0 Å². The molecule has 0 fully saturated rings. The number of para-hydroxylation sites is 1. The first-order chi connectivity index (χ1) is 9.74. The molecular formula is C15H18BrN3O. The molecule has 4 nitrogen and oxygen atoms in total. The Morgan fingerprint density at radius 2 is 1.95 bits per heavy atom. The average molecular weight is 336 g/mol. The van der Waals surface area contributed by atoms with Gasteiger partial charge in [-0.1, -0.05) is 31.5 Å². The topological polar surface area (TPSA) is 47.0 Å². The monoisotopic (exact) mass is 335 g/mol. The molecule has 1 heterocycles. The Balaban J connectivity index is 2.16. The minimum absolute atomic E-state index is 0.364. The Bertz CT molecular complexity index is 561. The summed E-state index contributed by atoms with van der Waals surface area (Å²) in [5, 5.41) is 3.08. The summed E-state index contributed by atoms with van der Waals surface area (Å²) in [5.41, 5.74) is 1.01. The van der Waals surface area contributed by atoms with E-state index < -0.39 is 0 Å². The number of aromatic nitrogens is 2. The maximum atomic E-state index is 5.70. The van der Waals surface area contributed by atoms with Gasteiger partial charge >= 0.3 is 0 Å². The molecule has 20 heavy (non-hydrogen) atoms. The highest BCUT2D eigenvalue weighted by molar-refractivity contribution is 9.10. The van der Waals surface area contributed by atoms with Crippen molar-refractivity contribution in [2.75, 3.05) is 12.4 Å². The predicted molar refractivity (Wildman–Crippen MR) is 84.0 cm³/mol. The molecule has 106 valence electrons. The van der Waals surface area contributed by atoms with Crippen LogP contribution in [-0.4, -0.2) is 17.0 Å². The highest BCUT2D eigenvalue weighted by Gasteiger charge is 2.11. The van der Waals surface area contributed by atoms with Gasteiger partial charge in [-0.3, -0.25) is 0 Å². The molecule has 0 aliphatic heterocycles. The summed E-state index contributed by atoms with van der Waals surface area (Å²) in [4.78, 5) is 9.02. The molecule has 0 amide bonds. The van der Waals surface area contributed by atoms with Crippen LogP contribution in [0.4, 0.5) is 5.82 Å². The third-order valence-corrected chi connectivity index (χ3v) is 3.63. The van der Waals surface area contributed by atoms with Crippen LogP contribution in [0, 0.1) is 0 Å². The van der Waals surface area contributed by atoms with Crippen LogP contribution < -0.4 is 10.1 Å². The number of nitrogens with one attached hydrogen (secondary N) is 1. The minimum Gasteiger partial charge on any atom is -0.486 e. The third kappa shape index (κ3) is 3.70. The summed E-state index contributed by atoms with van der Waals surface area (Å²) >= 11 is 3.54. The van der Waals surface area contributed by atoms with Gasteiger partial charge in [0.25, 0.3) is 0 Å². The van der Waals surface area contributed by atoms with Crippen molar-refractivity contribution in [2.24, 2.45) is 0 Å². The smallest absolute Gasteiger partial charge is 0.168 e. The Morgan fingerprint density at radius 1 is 1.20 bits per heavy atom. The summed E-state index contributed by atoms with van der Waals surface area (Å²) in [6, 6.07) is 9.69. The second-order valence-corrected chi connectivity index (χ2v) is 5.14. The number of rotatable bonds is 6. The molecule has 0 saturated heterocycles. The zero-order valence-electron chi connectivity index (χ0n) is 11.7. The number of hydrogen-bond donors (Lipinski definition) is 1. The van der Waals surface area contributed by atoms with Gasteiger partial charge in [0.05, 0.1) is 10.2 Å². The second-order valence-electron chi connectivity index (χ2n) is 4.35. The fourth-order valence-corrected chi connectivity index (χ4v) is 2.42. The van der Waals surface area contributed by atoms with Gasteiger partial charge in [-0.2, -0.15) is 0 Å². The zero-order valence-corrected chi connectivity index (χ0v) is 13.3. The van der Waals surface area contributed by atoms with E-state index in [-0.39, 0.29) is 0 Å². The summed E-state index contributed by atoms with van der Waals surface area (Å²) in [7, 11) is 1.85. The summed E-state index contributed by atoms with van der Waals surface area (Å²) in [5.74, 6) is 2.31. The van der Waals surface area contributed by atoms with Crippen LogP contribution in [0.25, 0.3) is 0 Å². The Morgan fingerprint density at radius 3 is 2.60 bits per heavy atom.